The smallest absolute Gasteiger partial charge is 0.426 e. The fourth-order valence-corrected chi connectivity index (χ4v) is 23.2. The van der Waals surface area contributed by atoms with Crippen LogP contribution in [0.4, 0.5) is 0 Å². The molecule has 0 radical (unpaired) electrons. The van der Waals surface area contributed by atoms with Crippen molar-refractivity contribution in [3.8, 4) is 16.9 Å². The monoisotopic (exact) mass is 1880 g/mol. The van der Waals surface area contributed by atoms with E-state index in [4.69, 9.17) is 41.7 Å². The number of nitrogens with zero attached hydrogens (tertiary/aromatic N) is 3. The second-order valence-corrected chi connectivity index (χ2v) is 39.2. The van der Waals surface area contributed by atoms with Crippen molar-refractivity contribution in [3.05, 3.63) is 468 Å². The van der Waals surface area contributed by atoms with E-state index in [1.54, 1.807) is 25.5 Å². The summed E-state index contributed by atoms with van der Waals surface area (Å²) in [5, 5.41) is 17.6. The van der Waals surface area contributed by atoms with Gasteiger partial charge in [0.15, 0.2) is 5.58 Å². The van der Waals surface area contributed by atoms with Crippen LogP contribution in [0, 0.1) is 0 Å². The van der Waals surface area contributed by atoms with Crippen molar-refractivity contribution in [2.45, 2.75) is 52.7 Å². The molecule has 618 valence electrons. The van der Waals surface area contributed by atoms with Gasteiger partial charge in [-0.15, -0.1) is 0 Å². The van der Waals surface area contributed by atoms with Crippen molar-refractivity contribution in [1.82, 2.24) is 14.5 Å². The number of esters is 1. The SMILES string of the molecule is C.CC1(C)OB(c2cccnc2Cl)OC1(C)C.Cn1c(=O)oc2cc(Br)ccc21.O=C1Cc2ccc(-c3cccnc3Cl)cc2O1.[Pd].c1ccc(P(c2ccccc2)c2ccccc2)cc1.c1ccc(P(c2ccccc2)c2ccccc2)cc1.c1ccc(P(c2ccccc2)c2ccccc2)cc1.c1ccc(P(c2ccccc2)c2ccccc2)cc1. The second kappa shape index (κ2) is 46.9. The summed E-state index contributed by atoms with van der Waals surface area (Å²) in [5.41, 5.74) is 4.14. The molecule has 2 aliphatic rings. The van der Waals surface area contributed by atoms with E-state index in [0.717, 1.165) is 32.1 Å². The Hall–Kier alpha value is -10.5. The maximum absolute atomic E-state index is 11.2. The van der Waals surface area contributed by atoms with Crippen molar-refractivity contribution in [2.24, 2.45) is 7.05 Å². The number of hydrogen-bond donors (Lipinski definition) is 0. The molecule has 0 amide bonds. The van der Waals surface area contributed by atoms with Gasteiger partial charge in [-0.1, -0.05) is 429 Å². The Morgan fingerprint density at radius 2 is 0.650 bits per heavy atom. The van der Waals surface area contributed by atoms with Gasteiger partial charge in [-0.05, 0) is 171 Å². The first kappa shape index (κ1) is 93.2. The van der Waals surface area contributed by atoms with Gasteiger partial charge in [-0.3, -0.25) is 9.36 Å². The molecule has 0 aliphatic carbocycles. The summed E-state index contributed by atoms with van der Waals surface area (Å²) in [6.45, 7) is 8.04. The fourth-order valence-electron chi connectivity index (χ4n) is 13.2. The summed E-state index contributed by atoms with van der Waals surface area (Å²) < 4.78 is 24.2. The van der Waals surface area contributed by atoms with Crippen molar-refractivity contribution in [1.29, 1.82) is 0 Å². The third kappa shape index (κ3) is 25.6. The van der Waals surface area contributed by atoms with Crippen LogP contribution in [0.25, 0.3) is 22.2 Å². The normalized spacial score (nSPS) is 12.4. The average Bonchev–Trinajstić information content (AvgIpc) is 1.51. The van der Waals surface area contributed by atoms with Gasteiger partial charge in [0, 0.05) is 60.9 Å². The number of rotatable bonds is 14. The Labute approximate surface area is 760 Å². The van der Waals surface area contributed by atoms with Gasteiger partial charge in [0.25, 0.3) is 0 Å². The fraction of sp³-hybridized carbons (Fsp3) is 0.0857. The molecular weight excluding hydrogens is 1790 g/mol. The van der Waals surface area contributed by atoms with Gasteiger partial charge in [0.05, 0.1) is 23.1 Å². The van der Waals surface area contributed by atoms with E-state index in [-0.39, 0.29) is 50.8 Å². The Morgan fingerprint density at radius 3 is 0.935 bits per heavy atom. The van der Waals surface area contributed by atoms with Gasteiger partial charge in [0.1, 0.15) is 16.1 Å². The van der Waals surface area contributed by atoms with Crippen molar-refractivity contribution in [2.75, 3.05) is 0 Å². The molecule has 1 saturated heterocycles. The number of fused-ring (bicyclic) bond motifs is 2. The van der Waals surface area contributed by atoms with E-state index in [1.807, 2.05) is 82.3 Å². The molecule has 9 nitrogen and oxygen atoms in total. The number of aryl methyl sites for hydroxylation is 1. The minimum atomic E-state index is -0.446. The zero-order valence-electron chi connectivity index (χ0n) is 67.9. The summed E-state index contributed by atoms with van der Waals surface area (Å²) in [6.07, 6.45) is 3.63. The Kier molecular flexibility index (Phi) is 35.5. The number of pyridine rings is 2. The molecular formula is C105H93BBrCl2N3O6P4Pd. The third-order valence-corrected chi connectivity index (χ3v) is 30.8. The summed E-state index contributed by atoms with van der Waals surface area (Å²) >= 11 is 15.3. The van der Waals surface area contributed by atoms with Crippen molar-refractivity contribution >= 4 is 164 Å². The minimum Gasteiger partial charge on any atom is -0.426 e. The topological polar surface area (TPSA) is 106 Å². The van der Waals surface area contributed by atoms with Crippen LogP contribution in [0.2, 0.25) is 10.3 Å². The average molecular weight is 1880 g/mol. The van der Waals surface area contributed by atoms with Crippen LogP contribution in [-0.4, -0.2) is 38.8 Å². The quantitative estimate of drug-likeness (QED) is 0.0349. The minimum absolute atomic E-state index is 0. The number of benzene rings is 14. The van der Waals surface area contributed by atoms with E-state index in [2.05, 4.69) is 390 Å². The van der Waals surface area contributed by atoms with E-state index >= 15 is 0 Å². The molecule has 123 heavy (non-hydrogen) atoms. The van der Waals surface area contributed by atoms with Crippen LogP contribution in [0.5, 0.6) is 5.75 Å². The number of aromatic nitrogens is 3. The molecule has 14 aromatic carbocycles. The second-order valence-electron chi connectivity index (χ2n) is 28.7. The van der Waals surface area contributed by atoms with E-state index < -0.39 is 38.8 Å². The number of ether oxygens (including phenoxy) is 1. The van der Waals surface area contributed by atoms with Gasteiger partial charge in [0.2, 0.25) is 0 Å². The maximum Gasteiger partial charge on any atom is 0.498 e. The van der Waals surface area contributed by atoms with Gasteiger partial charge >= 0.3 is 18.8 Å². The first-order valence-electron chi connectivity index (χ1n) is 39.5. The number of carbonyl (C=O) groups is 1. The standard InChI is InChI=1S/4C18H15P.C13H8ClNO2.C11H15BClNO2.C8H6BrNO2.CH4.Pd/c4*1-4-10-16(11-5-1)19(17-12-6-2-7-13-17)18-14-8-3-9-15-18;14-13-10(2-1-5-15-13)8-3-4-9-7-12(16)17-11(9)6-8;1-10(2)11(3,4)16-12(15-10)8-6-5-7-14-9(8)13;1-10-6-3-2-5(9)4-7(6)12-8(10)11;;/h4*1-15H;1-6H,7H2;5-7H,1-4H3;2-4H,1H3;1H4;. The molecule has 0 unspecified atom stereocenters. The largest absolute Gasteiger partial charge is 0.498 e. The first-order valence-corrected chi connectivity index (χ1v) is 46.4. The summed E-state index contributed by atoms with van der Waals surface area (Å²) in [5.74, 6) is 0.0740. The number of oxazole rings is 1. The summed E-state index contributed by atoms with van der Waals surface area (Å²) in [7, 11) is -0.540. The number of carbonyl (C=O) groups excluding carboxylic acids is 1. The molecule has 18 heteroatoms. The summed E-state index contributed by atoms with van der Waals surface area (Å²) in [4.78, 5) is 30.2. The molecule has 1 fully saturated rings. The van der Waals surface area contributed by atoms with E-state index in [9.17, 15) is 9.59 Å². The third-order valence-electron chi connectivity index (χ3n) is 19.9. The predicted octanol–water partition coefficient (Wildman–Crippen LogP) is 21.2. The van der Waals surface area contributed by atoms with Crippen molar-refractivity contribution in [3.63, 3.8) is 0 Å². The molecule has 0 atom stereocenters. The first-order chi connectivity index (χ1) is 59.1. The van der Waals surface area contributed by atoms with E-state index in [0.29, 0.717) is 28.1 Å². The molecule has 0 spiro atoms. The van der Waals surface area contributed by atoms with Crippen LogP contribution in [0.3, 0.4) is 0 Å². The van der Waals surface area contributed by atoms with Crippen LogP contribution >= 0.6 is 70.8 Å². The van der Waals surface area contributed by atoms with Gasteiger partial charge in [-0.2, -0.15) is 0 Å². The van der Waals surface area contributed by atoms with E-state index in [1.165, 1.54) is 68.2 Å². The van der Waals surface area contributed by atoms with Crippen LogP contribution < -0.4 is 79.6 Å². The summed E-state index contributed by atoms with van der Waals surface area (Å²) in [6, 6.07) is 148. The predicted molar refractivity (Wildman–Crippen MR) is 525 cm³/mol. The number of halogens is 3. The number of hydrogen-bond acceptors (Lipinski definition) is 8. The maximum atomic E-state index is 11.2. The molecule has 3 aromatic heterocycles. The zero-order chi connectivity index (χ0) is 84.2. The molecule has 19 rings (SSSR count). The molecule has 17 aromatic rings. The Balaban J connectivity index is 0.000000140. The molecule has 0 saturated carbocycles. The van der Waals surface area contributed by atoms with Gasteiger partial charge in [-0.25, -0.2) is 14.8 Å². The molecule has 0 bridgehead atoms. The Bertz CT molecular complexity index is 5240. The van der Waals surface area contributed by atoms with Crippen molar-refractivity contribution < 1.29 is 43.7 Å². The van der Waals surface area contributed by atoms with Crippen LogP contribution in [-0.2, 0) is 48.0 Å². The van der Waals surface area contributed by atoms with Gasteiger partial charge < -0.3 is 18.5 Å². The Morgan fingerprint density at radius 1 is 0.366 bits per heavy atom. The zero-order valence-corrected chi connectivity index (χ0v) is 76.1. The van der Waals surface area contributed by atoms with Crippen LogP contribution in [0.1, 0.15) is 40.7 Å². The molecule has 2 aliphatic heterocycles. The molecule has 5 heterocycles. The molecule has 0 N–H and O–H groups in total. The van der Waals surface area contributed by atoms with Crippen LogP contribution in [0.15, 0.2) is 451 Å².